The number of nitrogens with zero attached hydrogens (tertiary/aromatic N) is 2. The van der Waals surface area contributed by atoms with Gasteiger partial charge in [-0.3, -0.25) is 0 Å². The van der Waals surface area contributed by atoms with Crippen molar-refractivity contribution in [1.29, 1.82) is 0 Å². The fourth-order valence-corrected chi connectivity index (χ4v) is 1.24. The zero-order valence-electron chi connectivity index (χ0n) is 7.03. The molecule has 0 N–H and O–H groups in total. The van der Waals surface area contributed by atoms with E-state index in [1.165, 1.54) is 0 Å². The molecule has 60 valence electrons. The third-order valence-electron chi connectivity index (χ3n) is 1.15. The Morgan fingerprint density at radius 1 is 1.36 bits per heavy atom. The van der Waals surface area contributed by atoms with Crippen LogP contribution in [-0.2, 0) is 10.7 Å². The Kier molecular flexibility index (Phi) is 2.76. The maximum atomic E-state index is 4.34. The molecule has 1 aromatic rings. The molecule has 1 aromatic heterocycles. The highest BCUT2D eigenvalue weighted by molar-refractivity contribution is 7.85. The molecule has 0 aromatic carbocycles. The van der Waals surface area contributed by atoms with E-state index in [1.54, 1.807) is 0 Å². The van der Waals surface area contributed by atoms with Crippen molar-refractivity contribution in [3.63, 3.8) is 0 Å². The van der Waals surface area contributed by atoms with Crippen LogP contribution in [0.15, 0.2) is 22.6 Å². The zero-order valence-corrected chi connectivity index (χ0v) is 7.85. The van der Waals surface area contributed by atoms with E-state index in [0.717, 1.165) is 11.5 Å². The third-order valence-corrected chi connectivity index (χ3v) is 1.70. The first-order valence-electron chi connectivity index (χ1n) is 3.41. The molecule has 0 aliphatic carbocycles. The number of pyridine rings is 1. The molecular weight excluding hydrogens is 156 g/mol. The minimum Gasteiger partial charge on any atom is -0.233 e. The van der Waals surface area contributed by atoms with Crippen LogP contribution >= 0.6 is 0 Å². The standard InChI is InChI=1S/C8H12N2S/c1-7-5-4-6-8(9-7)10-11(2)3/h4-6H,1-3H3. The SMILES string of the molecule is Cc1cccc(N=S(C)C)n1. The molecule has 0 fully saturated rings. The van der Waals surface area contributed by atoms with Crippen molar-refractivity contribution in [1.82, 2.24) is 4.98 Å². The second-order valence-corrected chi connectivity index (χ2v) is 4.23. The van der Waals surface area contributed by atoms with Gasteiger partial charge >= 0.3 is 0 Å². The summed E-state index contributed by atoms with van der Waals surface area (Å²) < 4.78 is 4.34. The van der Waals surface area contributed by atoms with E-state index in [9.17, 15) is 0 Å². The summed E-state index contributed by atoms with van der Waals surface area (Å²) in [4.78, 5) is 4.25. The minimum atomic E-state index is 0.0877. The molecule has 0 saturated carbocycles. The van der Waals surface area contributed by atoms with Crippen molar-refractivity contribution in [2.24, 2.45) is 4.36 Å². The largest absolute Gasteiger partial charge is 0.233 e. The summed E-state index contributed by atoms with van der Waals surface area (Å²) in [5, 5.41) is 0. The number of aromatic nitrogens is 1. The summed E-state index contributed by atoms with van der Waals surface area (Å²) in [5.74, 6) is 0.846. The summed E-state index contributed by atoms with van der Waals surface area (Å²) in [6.45, 7) is 1.97. The van der Waals surface area contributed by atoms with Crippen molar-refractivity contribution in [2.75, 3.05) is 12.5 Å². The van der Waals surface area contributed by atoms with Gasteiger partial charge < -0.3 is 0 Å². The number of rotatable bonds is 1. The summed E-state index contributed by atoms with van der Waals surface area (Å²) >= 11 is 0. The van der Waals surface area contributed by atoms with Crippen molar-refractivity contribution < 1.29 is 0 Å². The van der Waals surface area contributed by atoms with E-state index in [1.807, 2.05) is 25.1 Å². The molecule has 0 saturated heterocycles. The molecule has 0 atom stereocenters. The Labute approximate surface area is 69.8 Å². The van der Waals surface area contributed by atoms with Crippen LogP contribution in [0.25, 0.3) is 0 Å². The fraction of sp³-hybridized carbons (Fsp3) is 0.375. The average Bonchev–Trinajstić information content (AvgIpc) is 1.85. The molecule has 2 nitrogen and oxygen atoms in total. The molecule has 1 heterocycles. The first-order valence-corrected chi connectivity index (χ1v) is 5.41. The van der Waals surface area contributed by atoms with Gasteiger partial charge in [-0.25, -0.2) is 9.35 Å². The molecule has 0 bridgehead atoms. The molecule has 1 rings (SSSR count). The van der Waals surface area contributed by atoms with Crippen LogP contribution in [-0.4, -0.2) is 17.5 Å². The van der Waals surface area contributed by atoms with Gasteiger partial charge in [0, 0.05) is 5.69 Å². The van der Waals surface area contributed by atoms with E-state index >= 15 is 0 Å². The van der Waals surface area contributed by atoms with Crippen molar-refractivity contribution in [3.05, 3.63) is 23.9 Å². The molecule has 0 unspecified atom stereocenters. The van der Waals surface area contributed by atoms with Gasteiger partial charge in [0.25, 0.3) is 0 Å². The third kappa shape index (κ3) is 2.80. The molecular formula is C8H12N2S. The van der Waals surface area contributed by atoms with Gasteiger partial charge in [0.1, 0.15) is 0 Å². The average molecular weight is 168 g/mol. The highest BCUT2D eigenvalue weighted by Crippen LogP contribution is 2.08. The normalized spacial score (nSPS) is 10.2. The quantitative estimate of drug-likeness (QED) is 0.630. The van der Waals surface area contributed by atoms with E-state index in [-0.39, 0.29) is 10.7 Å². The maximum Gasteiger partial charge on any atom is 0.159 e. The molecule has 11 heavy (non-hydrogen) atoms. The summed E-state index contributed by atoms with van der Waals surface area (Å²) in [6, 6.07) is 5.89. The van der Waals surface area contributed by atoms with Gasteiger partial charge in [0.2, 0.25) is 0 Å². The van der Waals surface area contributed by atoms with Gasteiger partial charge in [-0.05, 0) is 31.6 Å². The smallest absolute Gasteiger partial charge is 0.159 e. The fourth-order valence-electron chi connectivity index (χ4n) is 0.767. The van der Waals surface area contributed by atoms with E-state index in [0.29, 0.717) is 0 Å². The Bertz CT molecular complexity index is 277. The molecule has 3 heteroatoms. The molecule has 0 radical (unpaired) electrons. The lowest BCUT2D eigenvalue weighted by atomic mass is 10.4. The zero-order chi connectivity index (χ0) is 8.27. The molecule has 0 spiro atoms. The van der Waals surface area contributed by atoms with Crippen LogP contribution in [0.5, 0.6) is 0 Å². The van der Waals surface area contributed by atoms with Gasteiger partial charge in [-0.1, -0.05) is 16.8 Å². The highest BCUT2D eigenvalue weighted by atomic mass is 32.2. The van der Waals surface area contributed by atoms with Gasteiger partial charge in [0.05, 0.1) is 0 Å². The first kappa shape index (κ1) is 8.40. The Morgan fingerprint density at radius 3 is 2.64 bits per heavy atom. The lowest BCUT2D eigenvalue weighted by Gasteiger charge is -1.95. The number of aryl methyl sites for hydroxylation is 1. The Balaban J connectivity index is 2.97. The van der Waals surface area contributed by atoms with Gasteiger partial charge in [-0.2, -0.15) is 0 Å². The lowest BCUT2D eigenvalue weighted by molar-refractivity contribution is 1.19. The van der Waals surface area contributed by atoms with Crippen LogP contribution in [0.2, 0.25) is 0 Å². The predicted molar refractivity (Wildman–Crippen MR) is 50.3 cm³/mol. The lowest BCUT2D eigenvalue weighted by Crippen LogP contribution is -1.81. The van der Waals surface area contributed by atoms with Crippen molar-refractivity contribution >= 4 is 16.5 Å². The summed E-state index contributed by atoms with van der Waals surface area (Å²) in [7, 11) is 0.0877. The number of hydrogen-bond donors (Lipinski definition) is 0. The second-order valence-electron chi connectivity index (χ2n) is 2.50. The maximum absolute atomic E-state index is 4.34. The van der Waals surface area contributed by atoms with Crippen LogP contribution in [0, 0.1) is 6.92 Å². The Morgan fingerprint density at radius 2 is 2.09 bits per heavy atom. The van der Waals surface area contributed by atoms with Crippen LogP contribution in [0.3, 0.4) is 0 Å². The monoisotopic (exact) mass is 168 g/mol. The van der Waals surface area contributed by atoms with Crippen molar-refractivity contribution in [2.45, 2.75) is 6.92 Å². The van der Waals surface area contributed by atoms with Crippen LogP contribution < -0.4 is 0 Å². The predicted octanol–water partition coefficient (Wildman–Crippen LogP) is 2.08. The van der Waals surface area contributed by atoms with Crippen LogP contribution in [0.1, 0.15) is 5.69 Å². The first-order chi connectivity index (χ1) is 5.18. The summed E-state index contributed by atoms with van der Waals surface area (Å²) in [5.41, 5.74) is 1.02. The number of hydrogen-bond acceptors (Lipinski definition) is 2. The van der Waals surface area contributed by atoms with Gasteiger partial charge in [-0.15, -0.1) is 0 Å². The molecule has 0 aliphatic rings. The second kappa shape index (κ2) is 3.62. The summed E-state index contributed by atoms with van der Waals surface area (Å²) in [6.07, 6.45) is 4.15. The molecule has 0 aliphatic heterocycles. The van der Waals surface area contributed by atoms with Crippen molar-refractivity contribution in [3.8, 4) is 0 Å². The van der Waals surface area contributed by atoms with Crippen LogP contribution in [0.4, 0.5) is 5.82 Å². The highest BCUT2D eigenvalue weighted by Gasteiger charge is 1.89. The molecule has 0 amide bonds. The van der Waals surface area contributed by atoms with Gasteiger partial charge in [0.15, 0.2) is 5.82 Å². The van der Waals surface area contributed by atoms with E-state index in [2.05, 4.69) is 21.9 Å². The van der Waals surface area contributed by atoms with E-state index < -0.39 is 0 Å². The Hall–Kier alpha value is -0.700. The van der Waals surface area contributed by atoms with E-state index in [4.69, 9.17) is 0 Å². The topological polar surface area (TPSA) is 25.2 Å². The minimum absolute atomic E-state index is 0.0877.